The number of hydrogen-bond donors (Lipinski definition) is 2. The number of aliphatic carboxylic acids is 1. The van der Waals surface area contributed by atoms with E-state index in [0.29, 0.717) is 13.1 Å². The maximum Gasteiger partial charge on any atom is 0.326 e. The minimum atomic E-state index is -0.873. The molecule has 0 bridgehead atoms. The van der Waals surface area contributed by atoms with Crippen molar-refractivity contribution in [3.63, 3.8) is 0 Å². The van der Waals surface area contributed by atoms with Gasteiger partial charge in [0.2, 0.25) is 5.91 Å². The molecule has 0 spiro atoms. The van der Waals surface area contributed by atoms with Crippen LogP contribution in [-0.2, 0) is 9.59 Å². The van der Waals surface area contributed by atoms with Gasteiger partial charge < -0.3 is 15.3 Å². The molecular formula is C14H24N2O3. The van der Waals surface area contributed by atoms with Gasteiger partial charge in [0.05, 0.1) is 5.92 Å². The van der Waals surface area contributed by atoms with E-state index in [4.69, 9.17) is 0 Å². The first-order valence-electron chi connectivity index (χ1n) is 7.17. The molecule has 2 rings (SSSR count). The Morgan fingerprint density at radius 3 is 2.63 bits per heavy atom. The normalized spacial score (nSPS) is 30.9. The summed E-state index contributed by atoms with van der Waals surface area (Å²) in [5.41, 5.74) is -0.345. The number of hydrogen-bond acceptors (Lipinski definition) is 3. The molecule has 19 heavy (non-hydrogen) atoms. The van der Waals surface area contributed by atoms with Gasteiger partial charge >= 0.3 is 5.97 Å². The van der Waals surface area contributed by atoms with Crippen LogP contribution in [0.5, 0.6) is 0 Å². The van der Waals surface area contributed by atoms with E-state index in [1.54, 1.807) is 4.90 Å². The fraction of sp³-hybridized carbons (Fsp3) is 0.857. The quantitative estimate of drug-likeness (QED) is 0.786. The number of amides is 1. The summed E-state index contributed by atoms with van der Waals surface area (Å²) in [6, 6.07) is -0.685. The Bertz CT molecular complexity index is 362. The average Bonchev–Trinajstić information content (AvgIpc) is 2.37. The van der Waals surface area contributed by atoms with Crippen LogP contribution in [-0.4, -0.2) is 47.6 Å². The molecule has 2 aliphatic rings. The minimum Gasteiger partial charge on any atom is -0.480 e. The summed E-state index contributed by atoms with van der Waals surface area (Å²) in [6.07, 6.45) is 3.61. The first kappa shape index (κ1) is 14.3. The maximum absolute atomic E-state index is 12.6. The van der Waals surface area contributed by atoms with Crippen LogP contribution >= 0.6 is 0 Å². The third-order valence-corrected chi connectivity index (χ3v) is 4.44. The van der Waals surface area contributed by atoms with Crippen molar-refractivity contribution >= 4 is 11.9 Å². The number of piperidine rings is 2. The summed E-state index contributed by atoms with van der Waals surface area (Å²) in [6.45, 7) is 6.12. The van der Waals surface area contributed by atoms with Gasteiger partial charge in [0.25, 0.3) is 0 Å². The van der Waals surface area contributed by atoms with Gasteiger partial charge in [-0.15, -0.1) is 0 Å². The van der Waals surface area contributed by atoms with Gasteiger partial charge in [-0.3, -0.25) is 4.79 Å². The highest BCUT2D eigenvalue weighted by molar-refractivity contribution is 5.86. The Labute approximate surface area is 114 Å². The van der Waals surface area contributed by atoms with Crippen LogP contribution in [0.3, 0.4) is 0 Å². The number of carbonyl (C=O) groups excluding carboxylic acids is 1. The van der Waals surface area contributed by atoms with Crippen LogP contribution in [0.1, 0.15) is 39.5 Å². The van der Waals surface area contributed by atoms with Gasteiger partial charge in [0, 0.05) is 13.1 Å². The van der Waals surface area contributed by atoms with Gasteiger partial charge in [-0.2, -0.15) is 0 Å². The van der Waals surface area contributed by atoms with Crippen molar-refractivity contribution in [1.29, 1.82) is 0 Å². The molecule has 0 saturated carbocycles. The zero-order valence-corrected chi connectivity index (χ0v) is 11.8. The van der Waals surface area contributed by atoms with Crippen LogP contribution in [0.4, 0.5) is 0 Å². The van der Waals surface area contributed by atoms with Crippen LogP contribution in [0, 0.1) is 11.3 Å². The molecule has 5 nitrogen and oxygen atoms in total. The topological polar surface area (TPSA) is 69.6 Å². The fourth-order valence-electron chi connectivity index (χ4n) is 3.39. The fourth-order valence-corrected chi connectivity index (χ4v) is 3.39. The predicted molar refractivity (Wildman–Crippen MR) is 71.7 cm³/mol. The van der Waals surface area contributed by atoms with Gasteiger partial charge in [-0.1, -0.05) is 13.8 Å². The summed E-state index contributed by atoms with van der Waals surface area (Å²) >= 11 is 0. The van der Waals surface area contributed by atoms with Crippen molar-refractivity contribution in [3.05, 3.63) is 0 Å². The number of likely N-dealkylation sites (tertiary alicyclic amines) is 1. The van der Waals surface area contributed by atoms with Gasteiger partial charge in [0.15, 0.2) is 0 Å². The summed E-state index contributed by atoms with van der Waals surface area (Å²) < 4.78 is 0. The van der Waals surface area contributed by atoms with E-state index in [1.807, 2.05) is 13.8 Å². The van der Waals surface area contributed by atoms with Gasteiger partial charge in [-0.25, -0.2) is 4.79 Å². The third-order valence-electron chi connectivity index (χ3n) is 4.44. The Balaban J connectivity index is 2.15. The van der Waals surface area contributed by atoms with Crippen molar-refractivity contribution in [2.24, 2.45) is 11.3 Å². The van der Waals surface area contributed by atoms with Crippen LogP contribution in [0.2, 0.25) is 0 Å². The zero-order valence-electron chi connectivity index (χ0n) is 11.8. The van der Waals surface area contributed by atoms with E-state index in [0.717, 1.165) is 32.2 Å². The van der Waals surface area contributed by atoms with Gasteiger partial charge in [-0.05, 0) is 37.6 Å². The Morgan fingerprint density at radius 1 is 1.32 bits per heavy atom. The molecule has 5 heteroatoms. The smallest absolute Gasteiger partial charge is 0.326 e. The third kappa shape index (κ3) is 2.91. The molecule has 0 aromatic rings. The van der Waals surface area contributed by atoms with Crippen molar-refractivity contribution in [2.75, 3.05) is 19.6 Å². The largest absolute Gasteiger partial charge is 0.480 e. The first-order valence-corrected chi connectivity index (χ1v) is 7.17. The molecule has 2 N–H and O–H groups in total. The number of carboxylic acid groups (broad SMARTS) is 1. The second kappa shape index (κ2) is 5.49. The molecule has 2 aliphatic heterocycles. The maximum atomic E-state index is 12.6. The molecule has 108 valence electrons. The Kier molecular flexibility index (Phi) is 4.13. The first-order chi connectivity index (χ1) is 8.93. The second-order valence-corrected chi connectivity index (χ2v) is 6.41. The molecule has 2 atom stereocenters. The minimum absolute atomic E-state index is 0.0207. The zero-order chi connectivity index (χ0) is 14.0. The Morgan fingerprint density at radius 2 is 2.05 bits per heavy atom. The lowest BCUT2D eigenvalue weighted by molar-refractivity contribution is -0.161. The summed E-state index contributed by atoms with van der Waals surface area (Å²) in [4.78, 5) is 25.8. The predicted octanol–water partition coefficient (Wildman–Crippen LogP) is 1.09. The highest BCUT2D eigenvalue weighted by Gasteiger charge is 2.45. The lowest BCUT2D eigenvalue weighted by atomic mass is 9.76. The molecule has 0 aromatic carbocycles. The molecule has 2 heterocycles. The molecule has 0 radical (unpaired) electrons. The van der Waals surface area contributed by atoms with E-state index in [-0.39, 0.29) is 17.2 Å². The molecule has 0 aromatic heterocycles. The van der Waals surface area contributed by atoms with Crippen molar-refractivity contribution in [3.8, 4) is 0 Å². The van der Waals surface area contributed by atoms with E-state index >= 15 is 0 Å². The molecule has 2 fully saturated rings. The molecule has 2 unspecified atom stereocenters. The highest BCUT2D eigenvalue weighted by atomic mass is 16.4. The van der Waals surface area contributed by atoms with Gasteiger partial charge in [0.1, 0.15) is 6.04 Å². The summed E-state index contributed by atoms with van der Waals surface area (Å²) in [5, 5.41) is 12.7. The van der Waals surface area contributed by atoms with E-state index in [2.05, 4.69) is 5.32 Å². The van der Waals surface area contributed by atoms with Crippen LogP contribution in [0.15, 0.2) is 0 Å². The summed E-state index contributed by atoms with van der Waals surface area (Å²) in [5.74, 6) is -0.904. The number of carbonyl (C=O) groups is 2. The molecule has 0 aliphatic carbocycles. The van der Waals surface area contributed by atoms with E-state index in [9.17, 15) is 14.7 Å². The number of nitrogens with one attached hydrogen (secondary N) is 1. The number of rotatable bonds is 2. The monoisotopic (exact) mass is 268 g/mol. The summed E-state index contributed by atoms with van der Waals surface area (Å²) in [7, 11) is 0. The lowest BCUT2D eigenvalue weighted by Gasteiger charge is -2.45. The number of nitrogens with zero attached hydrogens (tertiary/aromatic N) is 1. The average molecular weight is 268 g/mol. The van der Waals surface area contributed by atoms with E-state index < -0.39 is 12.0 Å². The molecular weight excluding hydrogens is 244 g/mol. The lowest BCUT2D eigenvalue weighted by Crippen LogP contribution is -2.58. The van der Waals surface area contributed by atoms with Crippen LogP contribution in [0.25, 0.3) is 0 Å². The number of carboxylic acids is 1. The standard InChI is InChI=1S/C14H24N2O3/c1-14(2)6-4-8-16(11(14)13(18)19)12(17)10-5-3-7-15-9-10/h10-11,15H,3-9H2,1-2H3,(H,18,19). The van der Waals surface area contributed by atoms with Crippen LogP contribution < -0.4 is 5.32 Å². The van der Waals surface area contributed by atoms with Crippen molar-refractivity contribution in [2.45, 2.75) is 45.6 Å². The van der Waals surface area contributed by atoms with E-state index in [1.165, 1.54) is 0 Å². The second-order valence-electron chi connectivity index (χ2n) is 6.41. The SMILES string of the molecule is CC1(C)CCCN(C(=O)C2CCCNC2)C1C(=O)O. The van der Waals surface area contributed by atoms with Crippen molar-refractivity contribution in [1.82, 2.24) is 10.2 Å². The highest BCUT2D eigenvalue weighted by Crippen LogP contribution is 2.36. The molecule has 2 saturated heterocycles. The van der Waals surface area contributed by atoms with Crippen molar-refractivity contribution < 1.29 is 14.7 Å². The molecule has 1 amide bonds. The Hall–Kier alpha value is -1.10.